The number of benzene rings is 2. The highest BCUT2D eigenvalue weighted by Gasteiger charge is 2.38. The number of nitrogens with zero attached hydrogens (tertiary/aromatic N) is 1. The molecule has 1 heterocycles. The maximum absolute atomic E-state index is 14.2. The summed E-state index contributed by atoms with van der Waals surface area (Å²) in [6.07, 6.45) is 1.24. The number of carbonyl (C=O) groups is 1. The summed E-state index contributed by atoms with van der Waals surface area (Å²) in [5, 5.41) is 3.97. The van der Waals surface area contributed by atoms with Gasteiger partial charge in [-0.15, -0.1) is 11.3 Å². The summed E-state index contributed by atoms with van der Waals surface area (Å²) in [6, 6.07) is 6.66. The van der Waals surface area contributed by atoms with E-state index in [2.05, 4.69) is 10.3 Å². The van der Waals surface area contributed by atoms with E-state index in [1.54, 1.807) is 5.38 Å². The first-order chi connectivity index (χ1) is 14.8. The highest BCUT2D eigenvalue weighted by molar-refractivity contribution is 7.92. The number of anilines is 1. The van der Waals surface area contributed by atoms with Crippen molar-refractivity contribution in [1.82, 2.24) is 4.98 Å². The van der Waals surface area contributed by atoms with Crippen LogP contribution in [0.1, 0.15) is 24.5 Å². The minimum absolute atomic E-state index is 0.0348. The molecule has 1 saturated carbocycles. The third kappa shape index (κ3) is 4.70. The average Bonchev–Trinajstić information content (AvgIpc) is 3.46. The Morgan fingerprint density at radius 1 is 1.23 bits per heavy atom. The highest BCUT2D eigenvalue weighted by atomic mass is 35.5. The van der Waals surface area contributed by atoms with Crippen LogP contribution in [-0.4, -0.2) is 24.6 Å². The Morgan fingerprint density at radius 3 is 2.61 bits per heavy atom. The number of carbonyl (C=O) groups excluding carboxylic acids is 1. The predicted octanol–water partition coefficient (Wildman–Crippen LogP) is 4.77. The first-order valence-corrected chi connectivity index (χ1v) is 11.9. The Hall–Kier alpha value is -2.56. The monoisotopic (exact) mass is 484 g/mol. The molecule has 0 saturated heterocycles. The van der Waals surface area contributed by atoms with E-state index in [0.29, 0.717) is 18.9 Å². The van der Waals surface area contributed by atoms with Gasteiger partial charge in [0, 0.05) is 23.2 Å². The van der Waals surface area contributed by atoms with Crippen LogP contribution in [0.3, 0.4) is 0 Å². The number of thiazole rings is 1. The second-order valence-corrected chi connectivity index (χ2v) is 10.3. The first-order valence-electron chi connectivity index (χ1n) is 9.11. The summed E-state index contributed by atoms with van der Waals surface area (Å²) in [4.78, 5) is 16.8. The van der Waals surface area contributed by atoms with Gasteiger partial charge in [-0.3, -0.25) is 10.1 Å². The Kier molecular flexibility index (Phi) is 5.96. The Bertz CT molecular complexity index is 1230. The quantitative estimate of drug-likeness (QED) is 0.522. The van der Waals surface area contributed by atoms with Crippen LogP contribution >= 0.6 is 22.9 Å². The molecule has 162 valence electrons. The number of sulfone groups is 1. The van der Waals surface area contributed by atoms with Gasteiger partial charge in [-0.2, -0.15) is 0 Å². The summed E-state index contributed by atoms with van der Waals surface area (Å²) in [6.45, 7) is 0. The molecule has 0 bridgehead atoms. The molecule has 1 aromatic heterocycles. The molecule has 0 aliphatic heterocycles. The summed E-state index contributed by atoms with van der Waals surface area (Å²) < 4.78 is 58.0. The zero-order chi connectivity index (χ0) is 22.2. The Morgan fingerprint density at radius 2 is 2.00 bits per heavy atom. The minimum Gasteiger partial charge on any atom is -0.473 e. The van der Waals surface area contributed by atoms with Crippen molar-refractivity contribution >= 4 is 43.8 Å². The van der Waals surface area contributed by atoms with Crippen molar-refractivity contribution in [1.29, 1.82) is 0 Å². The molecular formula is C20H15ClF2N2O4S2. The molecule has 0 radical (unpaired) electrons. The van der Waals surface area contributed by atoms with E-state index >= 15 is 0 Å². The van der Waals surface area contributed by atoms with Crippen LogP contribution in [0.5, 0.6) is 5.75 Å². The van der Waals surface area contributed by atoms with Crippen LogP contribution in [0, 0.1) is 11.6 Å². The fourth-order valence-electron chi connectivity index (χ4n) is 2.90. The number of nitrogens with one attached hydrogen (secondary N) is 1. The average molecular weight is 485 g/mol. The van der Waals surface area contributed by atoms with Crippen molar-refractivity contribution in [3.8, 4) is 5.75 Å². The number of amides is 1. The first kappa shape index (κ1) is 21.7. The molecule has 1 unspecified atom stereocenters. The molecule has 1 fully saturated rings. The van der Waals surface area contributed by atoms with E-state index in [1.165, 1.54) is 35.7 Å². The molecule has 4 rings (SSSR count). The maximum Gasteiger partial charge on any atom is 0.271 e. The van der Waals surface area contributed by atoms with Gasteiger partial charge in [0.15, 0.2) is 26.5 Å². The van der Waals surface area contributed by atoms with E-state index in [4.69, 9.17) is 16.3 Å². The fourth-order valence-corrected chi connectivity index (χ4v) is 5.64. The van der Waals surface area contributed by atoms with Crippen LogP contribution in [0.2, 0.25) is 5.02 Å². The van der Waals surface area contributed by atoms with Gasteiger partial charge < -0.3 is 4.74 Å². The topological polar surface area (TPSA) is 85.4 Å². The minimum atomic E-state index is -3.55. The Labute approximate surface area is 185 Å². The maximum atomic E-state index is 14.2. The molecule has 0 spiro atoms. The van der Waals surface area contributed by atoms with Crippen LogP contribution in [0.25, 0.3) is 0 Å². The van der Waals surface area contributed by atoms with Gasteiger partial charge in [0.05, 0.1) is 15.2 Å². The zero-order valence-electron chi connectivity index (χ0n) is 15.7. The van der Waals surface area contributed by atoms with E-state index < -0.39 is 38.7 Å². The Balaban J connectivity index is 1.69. The van der Waals surface area contributed by atoms with E-state index in [-0.39, 0.29) is 26.4 Å². The number of hydrogen-bond donors (Lipinski definition) is 1. The fraction of sp³-hybridized carbons (Fsp3) is 0.200. The standard InChI is InChI=1S/C20H15ClF2N2O4S2/c21-14-9-11(1-6-17(14)31(27,28)13-3-4-13)18(19(26)25-20-24-7-8-30-20)29-16-5-2-12(22)10-15(16)23/h1-2,5-10,13,18H,3-4H2,(H,24,25,26). The molecule has 1 atom stereocenters. The second kappa shape index (κ2) is 8.52. The van der Waals surface area contributed by atoms with Gasteiger partial charge in [-0.05, 0) is 37.1 Å². The van der Waals surface area contributed by atoms with Gasteiger partial charge in [0.1, 0.15) is 5.82 Å². The van der Waals surface area contributed by atoms with Gasteiger partial charge in [-0.1, -0.05) is 17.7 Å². The highest BCUT2D eigenvalue weighted by Crippen LogP contribution is 2.38. The van der Waals surface area contributed by atoms with Gasteiger partial charge in [-0.25, -0.2) is 22.2 Å². The lowest BCUT2D eigenvalue weighted by atomic mass is 10.1. The van der Waals surface area contributed by atoms with E-state index in [9.17, 15) is 22.0 Å². The molecule has 31 heavy (non-hydrogen) atoms. The molecule has 2 aromatic carbocycles. The smallest absolute Gasteiger partial charge is 0.271 e. The van der Waals surface area contributed by atoms with Crippen LogP contribution in [0.4, 0.5) is 13.9 Å². The lowest BCUT2D eigenvalue weighted by Gasteiger charge is -2.20. The van der Waals surface area contributed by atoms with Crippen molar-refractivity contribution in [2.45, 2.75) is 29.1 Å². The molecule has 6 nitrogen and oxygen atoms in total. The molecular weight excluding hydrogens is 470 g/mol. The van der Waals surface area contributed by atoms with Crippen molar-refractivity contribution in [2.24, 2.45) is 0 Å². The summed E-state index contributed by atoms with van der Waals surface area (Å²) >= 11 is 7.40. The van der Waals surface area contributed by atoms with Crippen molar-refractivity contribution < 1.29 is 26.7 Å². The third-order valence-corrected chi connectivity index (χ3v) is 8.00. The van der Waals surface area contributed by atoms with Crippen LogP contribution < -0.4 is 10.1 Å². The summed E-state index contributed by atoms with van der Waals surface area (Å²) in [5.74, 6) is -2.84. The van der Waals surface area contributed by atoms with E-state index in [1.807, 2.05) is 0 Å². The zero-order valence-corrected chi connectivity index (χ0v) is 18.1. The molecule has 1 amide bonds. The molecule has 3 aromatic rings. The van der Waals surface area contributed by atoms with Crippen molar-refractivity contribution in [2.75, 3.05) is 5.32 Å². The number of rotatable bonds is 7. The van der Waals surface area contributed by atoms with Crippen molar-refractivity contribution in [3.63, 3.8) is 0 Å². The number of hydrogen-bond acceptors (Lipinski definition) is 6. The summed E-state index contributed by atoms with van der Waals surface area (Å²) in [7, 11) is -3.55. The van der Waals surface area contributed by atoms with Crippen LogP contribution in [0.15, 0.2) is 52.9 Å². The van der Waals surface area contributed by atoms with Crippen LogP contribution in [-0.2, 0) is 14.6 Å². The van der Waals surface area contributed by atoms with Crippen molar-refractivity contribution in [3.05, 3.63) is 70.2 Å². The largest absolute Gasteiger partial charge is 0.473 e. The lowest BCUT2D eigenvalue weighted by molar-refractivity contribution is -0.123. The number of aromatic nitrogens is 1. The van der Waals surface area contributed by atoms with Gasteiger partial charge in [0.2, 0.25) is 6.10 Å². The van der Waals surface area contributed by atoms with Gasteiger partial charge >= 0.3 is 0 Å². The molecule has 1 N–H and O–H groups in total. The van der Waals surface area contributed by atoms with Gasteiger partial charge in [0.25, 0.3) is 5.91 Å². The molecule has 1 aliphatic carbocycles. The molecule has 11 heteroatoms. The predicted molar refractivity (Wildman–Crippen MR) is 112 cm³/mol. The normalized spacial score (nSPS) is 14.8. The number of ether oxygens (including phenoxy) is 1. The second-order valence-electron chi connectivity index (χ2n) is 6.83. The SMILES string of the molecule is O=C(Nc1nccs1)C(Oc1ccc(F)cc1F)c1ccc(S(=O)(=O)C2CC2)c(Cl)c1. The summed E-state index contributed by atoms with van der Waals surface area (Å²) in [5.41, 5.74) is 0.192. The third-order valence-electron chi connectivity index (χ3n) is 4.57. The molecule has 1 aliphatic rings. The lowest BCUT2D eigenvalue weighted by Crippen LogP contribution is -2.26. The number of halogens is 3. The van der Waals surface area contributed by atoms with E-state index in [0.717, 1.165) is 12.1 Å².